The summed E-state index contributed by atoms with van der Waals surface area (Å²) in [7, 11) is 0.994. The molecule has 20 heavy (non-hydrogen) atoms. The van der Waals surface area contributed by atoms with Gasteiger partial charge in [0.1, 0.15) is 0 Å². The highest BCUT2D eigenvalue weighted by atomic mass is 35.5. The summed E-state index contributed by atoms with van der Waals surface area (Å²) in [4.78, 5) is 4.56. The fourth-order valence-corrected chi connectivity index (χ4v) is 7.24. The van der Waals surface area contributed by atoms with Crippen molar-refractivity contribution in [2.24, 2.45) is 0 Å². The van der Waals surface area contributed by atoms with Gasteiger partial charge in [-0.15, -0.1) is 0 Å². The van der Waals surface area contributed by atoms with Crippen molar-refractivity contribution in [3.05, 3.63) is 53.6 Å². The molecule has 3 aromatic rings. The SMILES string of the molecule is Clc1ccc2nc3ccccc3cc2c1.O1O[SiH2][SiH]=[SiH]1. The standard InChI is InChI=1S/C13H8ClN.H4O2Si3/c14-11-5-6-13-10(8-11)7-9-3-1-2-4-12(9)15-13;1-2-4-5-3-1/h1-8H;3,5H,4H2. The monoisotopic (exact) mass is 333 g/mol. The quantitative estimate of drug-likeness (QED) is 0.356. The van der Waals surface area contributed by atoms with E-state index in [-0.39, 0.29) is 9.28 Å². The number of benzene rings is 2. The van der Waals surface area contributed by atoms with E-state index in [1.165, 1.54) is 0 Å². The topological polar surface area (TPSA) is 31.4 Å². The van der Waals surface area contributed by atoms with Gasteiger partial charge in [-0.25, -0.2) is 4.98 Å². The van der Waals surface area contributed by atoms with Crippen molar-refractivity contribution in [2.45, 2.75) is 0 Å². The summed E-state index contributed by atoms with van der Waals surface area (Å²) < 4.78 is 9.28. The number of halogens is 1. The lowest BCUT2D eigenvalue weighted by Gasteiger charge is -2.01. The molecule has 0 bridgehead atoms. The molecule has 0 radical (unpaired) electrons. The lowest BCUT2D eigenvalue weighted by molar-refractivity contribution is -0.0861. The number of fused-ring (bicyclic) bond motifs is 2. The van der Waals surface area contributed by atoms with Gasteiger partial charge >= 0.3 is 0 Å². The molecule has 2 aromatic carbocycles. The van der Waals surface area contributed by atoms with Gasteiger partial charge in [0, 0.05) is 23.9 Å². The maximum Gasteiger partial charge on any atom is 0.236 e. The van der Waals surface area contributed by atoms with Crippen LogP contribution in [0.3, 0.4) is 0 Å². The van der Waals surface area contributed by atoms with Gasteiger partial charge in [-0.05, 0) is 30.3 Å². The molecule has 100 valence electrons. The minimum atomic E-state index is -0.0586. The van der Waals surface area contributed by atoms with E-state index in [1.807, 2.05) is 36.4 Å². The number of pyridine rings is 1. The highest BCUT2D eigenvalue weighted by Gasteiger charge is 1.99. The Labute approximate surface area is 127 Å². The lowest BCUT2D eigenvalue weighted by atomic mass is 10.1. The van der Waals surface area contributed by atoms with Crippen LogP contribution in [0, 0.1) is 0 Å². The van der Waals surface area contributed by atoms with Crippen LogP contribution in [-0.4, -0.2) is 31.3 Å². The minimum Gasteiger partial charge on any atom is -0.432 e. The van der Waals surface area contributed by atoms with Crippen LogP contribution in [0.25, 0.3) is 21.8 Å². The van der Waals surface area contributed by atoms with Crippen molar-refractivity contribution in [3.63, 3.8) is 0 Å². The molecule has 0 unspecified atom stereocenters. The Kier molecular flexibility index (Phi) is 4.48. The van der Waals surface area contributed by atoms with Crippen molar-refractivity contribution in [2.75, 3.05) is 0 Å². The first kappa shape index (κ1) is 13.8. The maximum atomic E-state index is 5.94. The van der Waals surface area contributed by atoms with Crippen LogP contribution in [0.2, 0.25) is 5.02 Å². The Morgan fingerprint density at radius 3 is 2.60 bits per heavy atom. The summed E-state index contributed by atoms with van der Waals surface area (Å²) in [6.07, 6.45) is 0. The smallest absolute Gasteiger partial charge is 0.236 e. The van der Waals surface area contributed by atoms with Crippen LogP contribution < -0.4 is 0 Å². The normalized spacial score (nSPS) is 14.2. The molecule has 0 amide bonds. The van der Waals surface area contributed by atoms with E-state index in [0.29, 0.717) is 17.0 Å². The summed E-state index contributed by atoms with van der Waals surface area (Å²) in [6.45, 7) is 0. The predicted octanol–water partition coefficient (Wildman–Crippen LogP) is 1.69. The molecule has 0 N–H and O–H groups in total. The third-order valence-corrected chi connectivity index (χ3v) is 9.63. The minimum absolute atomic E-state index is 0.0586. The molecule has 7 heteroatoms. The second-order valence-corrected chi connectivity index (χ2v) is 13.7. The highest BCUT2D eigenvalue weighted by Crippen LogP contribution is 2.22. The Morgan fingerprint density at radius 1 is 1.00 bits per heavy atom. The Bertz CT molecular complexity index is 776. The molecule has 0 aliphatic carbocycles. The van der Waals surface area contributed by atoms with Gasteiger partial charge in [0.25, 0.3) is 0 Å². The van der Waals surface area contributed by atoms with E-state index in [0.717, 1.165) is 26.8 Å². The molecule has 0 atom stereocenters. The Morgan fingerprint density at radius 2 is 1.85 bits per heavy atom. The average Bonchev–Trinajstić information content (AvgIpc) is 3.04. The number of rotatable bonds is 0. The van der Waals surface area contributed by atoms with Crippen LogP contribution in [0.15, 0.2) is 48.5 Å². The van der Waals surface area contributed by atoms with Gasteiger partial charge < -0.3 is 4.58 Å². The van der Waals surface area contributed by atoms with Gasteiger partial charge in [-0.3, -0.25) is 4.58 Å². The van der Waals surface area contributed by atoms with Gasteiger partial charge in [-0.2, -0.15) is 0 Å². The Hall–Kier alpha value is -1.19. The molecular weight excluding hydrogens is 322 g/mol. The van der Waals surface area contributed by atoms with Crippen molar-refractivity contribution in [3.8, 4) is 0 Å². The zero-order valence-electron chi connectivity index (χ0n) is 10.6. The first-order valence-electron chi connectivity index (χ1n) is 6.21. The highest BCUT2D eigenvalue weighted by molar-refractivity contribution is 7.08. The van der Waals surface area contributed by atoms with Crippen molar-refractivity contribution < 1.29 is 9.15 Å². The largest absolute Gasteiger partial charge is 0.432 e. The van der Waals surface area contributed by atoms with Crippen LogP contribution in [0.5, 0.6) is 0 Å². The van der Waals surface area contributed by atoms with Crippen molar-refractivity contribution in [1.82, 2.24) is 4.98 Å². The molecule has 0 saturated carbocycles. The molecule has 2 heterocycles. The second-order valence-electron chi connectivity index (χ2n) is 4.27. The molecule has 1 aromatic heterocycles. The fourth-order valence-electron chi connectivity index (χ4n) is 1.95. The van der Waals surface area contributed by atoms with E-state index in [9.17, 15) is 0 Å². The second kappa shape index (κ2) is 6.51. The molecular formula is C13H12ClNO2Si3. The summed E-state index contributed by atoms with van der Waals surface area (Å²) in [5.41, 5.74) is 2.01. The third kappa shape index (κ3) is 3.28. The molecule has 4 rings (SSSR count). The average molecular weight is 334 g/mol. The number of nitrogens with zero attached hydrogens (tertiary/aromatic N) is 1. The van der Waals surface area contributed by atoms with Crippen LogP contribution in [-0.2, 0) is 9.15 Å². The number of hydrogen-bond donors (Lipinski definition) is 0. The number of para-hydroxylation sites is 1. The summed E-state index contributed by atoms with van der Waals surface area (Å²) in [5.74, 6) is 0. The third-order valence-electron chi connectivity index (χ3n) is 2.86. The van der Waals surface area contributed by atoms with E-state index >= 15 is 0 Å². The van der Waals surface area contributed by atoms with Gasteiger partial charge in [0.2, 0.25) is 18.1 Å². The molecule has 0 spiro atoms. The van der Waals surface area contributed by atoms with Crippen LogP contribution in [0.4, 0.5) is 0 Å². The van der Waals surface area contributed by atoms with Gasteiger partial charge in [-0.1, -0.05) is 29.8 Å². The van der Waals surface area contributed by atoms with Gasteiger partial charge in [0.15, 0.2) is 0 Å². The summed E-state index contributed by atoms with van der Waals surface area (Å²) >= 11 is 5.94. The van der Waals surface area contributed by atoms with Crippen LogP contribution >= 0.6 is 11.6 Å². The number of hydrogen-bond acceptors (Lipinski definition) is 3. The molecule has 1 aliphatic heterocycles. The molecule has 0 saturated heterocycles. The van der Waals surface area contributed by atoms with Crippen LogP contribution in [0.1, 0.15) is 0 Å². The van der Waals surface area contributed by atoms with E-state index in [1.54, 1.807) is 0 Å². The first-order chi connectivity index (χ1) is 9.83. The van der Waals surface area contributed by atoms with E-state index < -0.39 is 0 Å². The fraction of sp³-hybridized carbons (Fsp3) is 0. The first-order valence-corrected chi connectivity index (χ1v) is 13.6. The maximum absolute atomic E-state index is 5.94. The summed E-state index contributed by atoms with van der Waals surface area (Å²) in [5, 5.41) is 2.98. The van der Waals surface area contributed by atoms with Crippen molar-refractivity contribution in [1.29, 1.82) is 0 Å². The zero-order valence-corrected chi connectivity index (χ0v) is 15.1. The molecule has 3 nitrogen and oxygen atoms in total. The van der Waals surface area contributed by atoms with E-state index in [4.69, 9.17) is 11.6 Å². The lowest BCUT2D eigenvalue weighted by Crippen LogP contribution is -1.86. The molecule has 0 fully saturated rings. The van der Waals surface area contributed by atoms with Crippen molar-refractivity contribution >= 4 is 59.7 Å². The molecule has 1 aliphatic rings. The van der Waals surface area contributed by atoms with Gasteiger partial charge in [0.05, 0.1) is 11.0 Å². The number of aromatic nitrogens is 1. The zero-order chi connectivity index (χ0) is 13.8. The summed E-state index contributed by atoms with van der Waals surface area (Å²) in [6, 6.07) is 16.0. The van der Waals surface area contributed by atoms with E-state index in [2.05, 4.69) is 26.3 Å². The predicted molar refractivity (Wildman–Crippen MR) is 89.3 cm³/mol. The Balaban J connectivity index is 0.000000205.